The summed E-state index contributed by atoms with van der Waals surface area (Å²) in [6.07, 6.45) is 1.25. The van der Waals surface area contributed by atoms with Gasteiger partial charge in [0.15, 0.2) is 5.82 Å². The van der Waals surface area contributed by atoms with Gasteiger partial charge in [-0.25, -0.2) is 13.8 Å². The van der Waals surface area contributed by atoms with Crippen LogP contribution in [0.2, 0.25) is 0 Å². The summed E-state index contributed by atoms with van der Waals surface area (Å²) in [6, 6.07) is 3.21. The Morgan fingerprint density at radius 1 is 1.28 bits per heavy atom. The summed E-state index contributed by atoms with van der Waals surface area (Å²) in [5.41, 5.74) is -0.637. The fraction of sp³-hybridized carbons (Fsp3) is 0.250. The molecule has 5 nitrogen and oxygen atoms in total. The Kier molecular flexibility index (Phi) is 2.86. The number of imidazole rings is 1. The van der Waals surface area contributed by atoms with E-state index in [-0.39, 0.29) is 23.4 Å². The highest BCUT2D eigenvalue weighted by molar-refractivity contribution is 5.41. The molecule has 0 atom stereocenters. The Morgan fingerprint density at radius 2 is 1.94 bits per heavy atom. The number of aromatic hydroxyl groups is 2. The first-order valence-electron chi connectivity index (χ1n) is 5.43. The first-order chi connectivity index (χ1) is 8.41. The number of halogens is 1. The molecule has 0 fully saturated rings. The van der Waals surface area contributed by atoms with Crippen LogP contribution in [-0.4, -0.2) is 19.3 Å². The molecule has 1 aromatic heterocycles. The van der Waals surface area contributed by atoms with Gasteiger partial charge in [-0.1, -0.05) is 0 Å². The van der Waals surface area contributed by atoms with Gasteiger partial charge in [-0.15, -0.1) is 0 Å². The van der Waals surface area contributed by atoms with Gasteiger partial charge in [0.2, 0.25) is 5.88 Å². The van der Waals surface area contributed by atoms with Crippen LogP contribution in [0.25, 0.3) is 5.69 Å². The third-order valence-electron chi connectivity index (χ3n) is 2.62. The minimum atomic E-state index is -0.783. The Morgan fingerprint density at radius 3 is 2.44 bits per heavy atom. The Labute approximate surface area is 102 Å². The third kappa shape index (κ3) is 1.85. The summed E-state index contributed by atoms with van der Waals surface area (Å²) in [4.78, 5) is 12.0. The Bertz CT molecular complexity index is 643. The van der Waals surface area contributed by atoms with Crippen molar-refractivity contribution < 1.29 is 14.6 Å². The molecule has 0 amide bonds. The van der Waals surface area contributed by atoms with Gasteiger partial charge in [0.1, 0.15) is 5.75 Å². The predicted molar refractivity (Wildman–Crippen MR) is 63.7 cm³/mol. The first kappa shape index (κ1) is 12.2. The normalized spacial score (nSPS) is 11.1. The number of hydrogen-bond acceptors (Lipinski definition) is 3. The van der Waals surface area contributed by atoms with Crippen molar-refractivity contribution in [3.05, 3.63) is 40.7 Å². The average molecular weight is 252 g/mol. The second-order valence-corrected chi connectivity index (χ2v) is 4.24. The lowest BCUT2D eigenvalue weighted by Crippen LogP contribution is -2.24. The SMILES string of the molecule is CC(C)n1cc(O)n(-c2ccc(O)cc2F)c1=O. The number of rotatable bonds is 2. The van der Waals surface area contributed by atoms with E-state index in [9.17, 15) is 14.3 Å². The second-order valence-electron chi connectivity index (χ2n) is 4.24. The van der Waals surface area contributed by atoms with Crippen LogP contribution in [-0.2, 0) is 0 Å². The second kappa shape index (κ2) is 4.21. The van der Waals surface area contributed by atoms with Crippen LogP contribution in [0.3, 0.4) is 0 Å². The zero-order valence-corrected chi connectivity index (χ0v) is 9.96. The van der Waals surface area contributed by atoms with Crippen molar-refractivity contribution in [2.45, 2.75) is 19.9 Å². The van der Waals surface area contributed by atoms with E-state index < -0.39 is 11.5 Å². The number of phenolic OH excluding ortho intramolecular Hbond substituents is 1. The van der Waals surface area contributed by atoms with Crippen LogP contribution in [0.1, 0.15) is 19.9 Å². The minimum absolute atomic E-state index is 0.102. The molecule has 2 N–H and O–H groups in total. The van der Waals surface area contributed by atoms with E-state index in [0.717, 1.165) is 10.6 Å². The molecule has 1 aromatic carbocycles. The molecular formula is C12H13FN2O3. The highest BCUT2D eigenvalue weighted by Crippen LogP contribution is 2.22. The summed E-state index contributed by atoms with van der Waals surface area (Å²) in [5, 5.41) is 18.8. The molecule has 2 aromatic rings. The molecular weight excluding hydrogens is 239 g/mol. The lowest BCUT2D eigenvalue weighted by Gasteiger charge is -2.06. The summed E-state index contributed by atoms with van der Waals surface area (Å²) in [5.74, 6) is -1.38. The number of benzene rings is 1. The lowest BCUT2D eigenvalue weighted by molar-refractivity contribution is 0.436. The maximum absolute atomic E-state index is 13.7. The number of aromatic nitrogens is 2. The molecule has 0 saturated heterocycles. The Hall–Kier alpha value is -2.24. The van der Waals surface area contributed by atoms with Gasteiger partial charge in [0.25, 0.3) is 0 Å². The van der Waals surface area contributed by atoms with Crippen molar-refractivity contribution in [1.82, 2.24) is 9.13 Å². The summed E-state index contributed by atoms with van der Waals surface area (Å²) >= 11 is 0. The highest BCUT2D eigenvalue weighted by atomic mass is 19.1. The van der Waals surface area contributed by atoms with E-state index in [2.05, 4.69) is 0 Å². The zero-order chi connectivity index (χ0) is 13.4. The molecule has 2 rings (SSSR count). The average Bonchev–Trinajstić information content (AvgIpc) is 2.56. The van der Waals surface area contributed by atoms with E-state index in [0.29, 0.717) is 0 Å². The third-order valence-corrected chi connectivity index (χ3v) is 2.62. The van der Waals surface area contributed by atoms with Crippen LogP contribution in [0.4, 0.5) is 4.39 Å². The van der Waals surface area contributed by atoms with Crippen LogP contribution in [0, 0.1) is 5.82 Å². The number of nitrogens with zero attached hydrogens (tertiary/aromatic N) is 2. The smallest absolute Gasteiger partial charge is 0.336 e. The standard InChI is InChI=1S/C12H13FN2O3/c1-7(2)14-6-11(17)15(12(14)18)10-4-3-8(16)5-9(10)13/h3-7,16-17H,1-2H3. The molecule has 0 aliphatic rings. The first-order valence-corrected chi connectivity index (χ1v) is 5.43. The van der Waals surface area contributed by atoms with Crippen molar-refractivity contribution in [2.24, 2.45) is 0 Å². The lowest BCUT2D eigenvalue weighted by atomic mass is 10.3. The van der Waals surface area contributed by atoms with Gasteiger partial charge in [-0.3, -0.25) is 4.57 Å². The van der Waals surface area contributed by atoms with Crippen LogP contribution < -0.4 is 5.69 Å². The van der Waals surface area contributed by atoms with Crippen LogP contribution >= 0.6 is 0 Å². The predicted octanol–water partition coefficient (Wildman–Crippen LogP) is 1.77. The van der Waals surface area contributed by atoms with Crippen molar-refractivity contribution in [1.29, 1.82) is 0 Å². The topological polar surface area (TPSA) is 67.4 Å². The van der Waals surface area contributed by atoms with Gasteiger partial charge < -0.3 is 10.2 Å². The molecule has 0 bridgehead atoms. The molecule has 6 heteroatoms. The maximum Gasteiger partial charge on any atom is 0.336 e. The molecule has 0 saturated carbocycles. The largest absolute Gasteiger partial charge is 0.508 e. The molecule has 0 aliphatic carbocycles. The number of phenols is 1. The van der Waals surface area contributed by atoms with Crippen molar-refractivity contribution in [3.8, 4) is 17.3 Å². The highest BCUT2D eigenvalue weighted by Gasteiger charge is 2.16. The quantitative estimate of drug-likeness (QED) is 0.856. The molecule has 0 unspecified atom stereocenters. The summed E-state index contributed by atoms with van der Waals surface area (Å²) in [6.45, 7) is 3.55. The maximum atomic E-state index is 13.7. The van der Waals surface area contributed by atoms with E-state index >= 15 is 0 Å². The van der Waals surface area contributed by atoms with Gasteiger partial charge in [0, 0.05) is 12.1 Å². The van der Waals surface area contributed by atoms with Crippen molar-refractivity contribution in [2.75, 3.05) is 0 Å². The molecule has 0 spiro atoms. The van der Waals surface area contributed by atoms with Gasteiger partial charge in [-0.05, 0) is 26.0 Å². The van der Waals surface area contributed by atoms with Crippen LogP contribution in [0.5, 0.6) is 11.6 Å². The van der Waals surface area contributed by atoms with Crippen molar-refractivity contribution >= 4 is 0 Å². The van der Waals surface area contributed by atoms with E-state index in [1.54, 1.807) is 13.8 Å². The molecule has 0 radical (unpaired) electrons. The van der Waals surface area contributed by atoms with Gasteiger partial charge >= 0.3 is 5.69 Å². The minimum Gasteiger partial charge on any atom is -0.508 e. The van der Waals surface area contributed by atoms with E-state index in [1.807, 2.05) is 0 Å². The summed E-state index contributed by atoms with van der Waals surface area (Å²) < 4.78 is 15.8. The fourth-order valence-electron chi connectivity index (χ4n) is 1.72. The molecule has 0 aliphatic heterocycles. The van der Waals surface area contributed by atoms with E-state index in [1.165, 1.54) is 22.9 Å². The summed E-state index contributed by atoms with van der Waals surface area (Å²) in [7, 11) is 0. The molecule has 96 valence electrons. The van der Waals surface area contributed by atoms with Gasteiger partial charge in [0.05, 0.1) is 11.9 Å². The van der Waals surface area contributed by atoms with E-state index in [4.69, 9.17) is 5.11 Å². The van der Waals surface area contributed by atoms with Crippen molar-refractivity contribution in [3.63, 3.8) is 0 Å². The monoisotopic (exact) mass is 252 g/mol. The Balaban J connectivity index is 2.68. The fourth-order valence-corrected chi connectivity index (χ4v) is 1.72. The zero-order valence-electron chi connectivity index (χ0n) is 9.96. The van der Waals surface area contributed by atoms with Crippen LogP contribution in [0.15, 0.2) is 29.2 Å². The van der Waals surface area contributed by atoms with Gasteiger partial charge in [-0.2, -0.15) is 0 Å². The number of hydrogen-bond donors (Lipinski definition) is 2. The molecule has 18 heavy (non-hydrogen) atoms. The molecule has 1 heterocycles.